The molecule has 1 heterocycles. The Labute approximate surface area is 146 Å². The first-order valence-electron chi connectivity index (χ1n) is 8.35. The molecular weight excluding hydrogens is 322 g/mol. The number of carbonyl (C=O) groups is 2. The topological polar surface area (TPSA) is 84.7 Å². The third kappa shape index (κ3) is 6.66. The summed E-state index contributed by atoms with van der Waals surface area (Å²) < 4.78 is 10.2. The minimum atomic E-state index is -0.321. The monoisotopic (exact) mass is 345 g/mol. The fourth-order valence-corrected chi connectivity index (χ4v) is 2.23. The fourth-order valence-electron chi connectivity index (χ4n) is 2.23. The third-order valence-electron chi connectivity index (χ3n) is 3.53. The smallest absolute Gasteiger partial charge is 0.260 e. The number of aromatic nitrogens is 1. The predicted molar refractivity (Wildman–Crippen MR) is 93.2 cm³/mol. The Hall–Kier alpha value is -2.83. The maximum Gasteiger partial charge on any atom is 0.260 e. The number of para-hydroxylation sites is 1. The Kier molecular flexibility index (Phi) is 7.49. The molecule has 134 valence electrons. The summed E-state index contributed by atoms with van der Waals surface area (Å²) in [5, 5.41) is 6.22. The number of nitrogens with zero attached hydrogens (tertiary/aromatic N) is 2. The van der Waals surface area contributed by atoms with Crippen LogP contribution in [0, 0.1) is 0 Å². The number of anilines is 1. The van der Waals surface area contributed by atoms with Crippen molar-refractivity contribution >= 4 is 17.6 Å². The molecule has 0 unspecified atom stereocenters. The van der Waals surface area contributed by atoms with Crippen LogP contribution in [-0.2, 0) is 9.59 Å². The number of nitrogens with one attached hydrogen (secondary N) is 1. The number of rotatable bonds is 10. The van der Waals surface area contributed by atoms with Crippen molar-refractivity contribution in [2.45, 2.75) is 26.2 Å². The zero-order chi connectivity index (χ0) is 17.9. The van der Waals surface area contributed by atoms with Crippen LogP contribution < -0.4 is 10.1 Å². The molecule has 1 aromatic carbocycles. The molecule has 2 amide bonds. The summed E-state index contributed by atoms with van der Waals surface area (Å²) in [6.07, 6.45) is 4.24. The van der Waals surface area contributed by atoms with Crippen LogP contribution in [0.1, 0.15) is 26.2 Å². The third-order valence-corrected chi connectivity index (χ3v) is 3.53. The normalized spacial score (nSPS) is 10.3. The van der Waals surface area contributed by atoms with Crippen molar-refractivity contribution in [2.24, 2.45) is 0 Å². The van der Waals surface area contributed by atoms with Crippen LogP contribution in [0.4, 0.5) is 5.82 Å². The number of carbonyl (C=O) groups excluding carboxylic acids is 2. The van der Waals surface area contributed by atoms with E-state index in [0.29, 0.717) is 18.1 Å². The van der Waals surface area contributed by atoms with E-state index in [-0.39, 0.29) is 25.0 Å². The fraction of sp³-hybridized carbons (Fsp3) is 0.389. The minimum Gasteiger partial charge on any atom is -0.484 e. The molecule has 0 fully saturated rings. The van der Waals surface area contributed by atoms with Crippen LogP contribution in [0.3, 0.4) is 0 Å². The molecule has 1 N–H and O–H groups in total. The number of unbranched alkanes of at least 4 members (excludes halogenated alkanes) is 2. The molecule has 0 saturated heterocycles. The molecule has 7 nitrogen and oxygen atoms in total. The van der Waals surface area contributed by atoms with E-state index in [0.717, 1.165) is 19.3 Å². The van der Waals surface area contributed by atoms with E-state index in [9.17, 15) is 9.59 Å². The standard InChI is InChI=1S/C18H23N3O4/c1-2-3-7-11-21(13-17(22)19-16-10-12-25-20-16)18(23)14-24-15-8-5-4-6-9-15/h4-6,8-10,12H,2-3,7,11,13-14H2,1H3,(H,19,20,22). The second kappa shape index (κ2) is 10.1. The average molecular weight is 345 g/mol. The van der Waals surface area contributed by atoms with Gasteiger partial charge in [-0.25, -0.2) is 0 Å². The number of amides is 2. The second-order valence-electron chi connectivity index (χ2n) is 5.56. The van der Waals surface area contributed by atoms with E-state index >= 15 is 0 Å². The Morgan fingerprint density at radius 1 is 1.20 bits per heavy atom. The summed E-state index contributed by atoms with van der Waals surface area (Å²) >= 11 is 0. The molecule has 0 atom stereocenters. The zero-order valence-corrected chi connectivity index (χ0v) is 14.3. The first-order chi connectivity index (χ1) is 12.2. The molecular formula is C18H23N3O4. The summed E-state index contributed by atoms with van der Waals surface area (Å²) in [5.74, 6) is 0.400. The number of benzene rings is 1. The van der Waals surface area contributed by atoms with E-state index in [1.807, 2.05) is 18.2 Å². The van der Waals surface area contributed by atoms with Gasteiger partial charge in [-0.15, -0.1) is 0 Å². The maximum atomic E-state index is 12.4. The highest BCUT2D eigenvalue weighted by Gasteiger charge is 2.18. The van der Waals surface area contributed by atoms with E-state index < -0.39 is 0 Å². The lowest BCUT2D eigenvalue weighted by atomic mass is 10.2. The Bertz CT molecular complexity index is 644. The molecule has 2 aromatic rings. The number of ether oxygens (including phenoxy) is 1. The first-order valence-corrected chi connectivity index (χ1v) is 8.35. The SMILES string of the molecule is CCCCCN(CC(=O)Nc1ccon1)C(=O)COc1ccccc1. The highest BCUT2D eigenvalue weighted by molar-refractivity contribution is 5.93. The van der Waals surface area contributed by atoms with Gasteiger partial charge in [-0.1, -0.05) is 43.1 Å². The molecule has 0 radical (unpaired) electrons. The number of hydrogen-bond donors (Lipinski definition) is 1. The van der Waals surface area contributed by atoms with Gasteiger partial charge in [-0.2, -0.15) is 0 Å². The van der Waals surface area contributed by atoms with Gasteiger partial charge >= 0.3 is 0 Å². The van der Waals surface area contributed by atoms with E-state index in [1.54, 1.807) is 18.2 Å². The predicted octanol–water partition coefficient (Wildman–Crippen LogP) is 2.71. The van der Waals surface area contributed by atoms with Crippen LogP contribution in [0.2, 0.25) is 0 Å². The lowest BCUT2D eigenvalue weighted by Gasteiger charge is -2.22. The van der Waals surface area contributed by atoms with Gasteiger partial charge in [0.05, 0.1) is 0 Å². The van der Waals surface area contributed by atoms with Gasteiger partial charge in [-0.05, 0) is 18.6 Å². The average Bonchev–Trinajstić information content (AvgIpc) is 3.12. The van der Waals surface area contributed by atoms with Gasteiger partial charge in [0.25, 0.3) is 5.91 Å². The van der Waals surface area contributed by atoms with Gasteiger partial charge in [0, 0.05) is 12.6 Å². The van der Waals surface area contributed by atoms with Gasteiger partial charge in [0.15, 0.2) is 12.4 Å². The van der Waals surface area contributed by atoms with Crippen molar-refractivity contribution in [1.29, 1.82) is 0 Å². The van der Waals surface area contributed by atoms with Crippen molar-refractivity contribution in [2.75, 3.05) is 25.0 Å². The summed E-state index contributed by atoms with van der Waals surface area (Å²) in [5.41, 5.74) is 0. The van der Waals surface area contributed by atoms with Gasteiger partial charge < -0.3 is 19.5 Å². The minimum absolute atomic E-state index is 0.0481. The molecule has 0 spiro atoms. The van der Waals surface area contributed by atoms with E-state index in [2.05, 4.69) is 21.9 Å². The second-order valence-corrected chi connectivity index (χ2v) is 5.56. The summed E-state index contributed by atoms with van der Waals surface area (Å²) in [4.78, 5) is 26.0. The van der Waals surface area contributed by atoms with Gasteiger partial charge in [-0.3, -0.25) is 9.59 Å². The van der Waals surface area contributed by atoms with Gasteiger partial charge in [0.2, 0.25) is 5.91 Å². The molecule has 0 aliphatic carbocycles. The molecule has 7 heteroatoms. The van der Waals surface area contributed by atoms with Crippen molar-refractivity contribution in [1.82, 2.24) is 10.1 Å². The molecule has 0 bridgehead atoms. The first kappa shape index (κ1) is 18.5. The maximum absolute atomic E-state index is 12.4. The van der Waals surface area contributed by atoms with Crippen LogP contribution in [0.5, 0.6) is 5.75 Å². The Morgan fingerprint density at radius 2 is 2.00 bits per heavy atom. The Morgan fingerprint density at radius 3 is 2.68 bits per heavy atom. The van der Waals surface area contributed by atoms with E-state index in [1.165, 1.54) is 11.2 Å². The summed E-state index contributed by atoms with van der Waals surface area (Å²) in [6.45, 7) is 2.44. The van der Waals surface area contributed by atoms with Crippen molar-refractivity contribution in [3.8, 4) is 5.75 Å². The van der Waals surface area contributed by atoms with Crippen molar-refractivity contribution in [3.63, 3.8) is 0 Å². The Balaban J connectivity index is 1.88. The van der Waals surface area contributed by atoms with E-state index in [4.69, 9.17) is 4.74 Å². The van der Waals surface area contributed by atoms with Crippen LogP contribution in [-0.4, -0.2) is 41.6 Å². The number of hydrogen-bond acceptors (Lipinski definition) is 5. The molecule has 0 saturated carbocycles. The van der Waals surface area contributed by atoms with Crippen molar-refractivity contribution in [3.05, 3.63) is 42.7 Å². The van der Waals surface area contributed by atoms with Crippen LogP contribution in [0.25, 0.3) is 0 Å². The summed E-state index contributed by atoms with van der Waals surface area (Å²) in [6, 6.07) is 10.7. The van der Waals surface area contributed by atoms with Crippen LogP contribution >= 0.6 is 0 Å². The molecule has 0 aliphatic rings. The highest BCUT2D eigenvalue weighted by Crippen LogP contribution is 2.09. The van der Waals surface area contributed by atoms with Crippen molar-refractivity contribution < 1.29 is 18.8 Å². The molecule has 1 aromatic heterocycles. The summed E-state index contributed by atoms with van der Waals surface area (Å²) in [7, 11) is 0. The largest absolute Gasteiger partial charge is 0.484 e. The van der Waals surface area contributed by atoms with Gasteiger partial charge in [0.1, 0.15) is 18.6 Å². The quantitative estimate of drug-likeness (QED) is 0.669. The lowest BCUT2D eigenvalue weighted by Crippen LogP contribution is -2.41. The van der Waals surface area contributed by atoms with Crippen LogP contribution in [0.15, 0.2) is 47.2 Å². The zero-order valence-electron chi connectivity index (χ0n) is 14.3. The lowest BCUT2D eigenvalue weighted by molar-refractivity contribution is -0.136. The highest BCUT2D eigenvalue weighted by atomic mass is 16.5. The molecule has 25 heavy (non-hydrogen) atoms. The molecule has 0 aliphatic heterocycles. The molecule has 2 rings (SSSR count).